The van der Waals surface area contributed by atoms with Crippen LogP contribution in [0.3, 0.4) is 0 Å². The number of rotatable bonds is 3. The van der Waals surface area contributed by atoms with E-state index in [1.165, 1.54) is 5.56 Å². The first-order valence-electron chi connectivity index (χ1n) is 8.37. The van der Waals surface area contributed by atoms with Crippen LogP contribution in [-0.4, -0.2) is 14.5 Å². The number of azo groups is 1. The molecule has 4 aromatic rings. The van der Waals surface area contributed by atoms with E-state index >= 15 is 0 Å². The van der Waals surface area contributed by atoms with Crippen LogP contribution >= 0.6 is 0 Å². The molecule has 0 aliphatic carbocycles. The third kappa shape index (κ3) is 2.95. The van der Waals surface area contributed by atoms with Crippen molar-refractivity contribution >= 4 is 17.2 Å². The summed E-state index contributed by atoms with van der Waals surface area (Å²) in [5.41, 5.74) is 5.69. The van der Waals surface area contributed by atoms with Crippen LogP contribution in [0.5, 0.6) is 5.75 Å². The maximum atomic E-state index is 9.41. The molecule has 2 aromatic heterocycles. The number of fused-ring (bicyclic) bond motifs is 1. The maximum Gasteiger partial charge on any atom is 0.187 e. The van der Waals surface area contributed by atoms with Crippen LogP contribution in [0, 0.1) is 13.8 Å². The minimum Gasteiger partial charge on any atom is -0.508 e. The third-order valence-corrected chi connectivity index (χ3v) is 4.25. The van der Waals surface area contributed by atoms with Gasteiger partial charge in [0, 0.05) is 11.8 Å². The van der Waals surface area contributed by atoms with Crippen LogP contribution in [0.2, 0.25) is 0 Å². The molecule has 0 aliphatic heterocycles. The van der Waals surface area contributed by atoms with Gasteiger partial charge in [-0.05, 0) is 55.8 Å². The van der Waals surface area contributed by atoms with Gasteiger partial charge < -0.3 is 5.11 Å². The third-order valence-electron chi connectivity index (χ3n) is 4.25. The Morgan fingerprint density at radius 3 is 2.50 bits per heavy atom. The first-order valence-corrected chi connectivity index (χ1v) is 8.37. The largest absolute Gasteiger partial charge is 0.508 e. The summed E-state index contributed by atoms with van der Waals surface area (Å²) in [6, 6.07) is 18.8. The van der Waals surface area contributed by atoms with Gasteiger partial charge in [0.1, 0.15) is 17.1 Å². The van der Waals surface area contributed by atoms with Gasteiger partial charge in [-0.15, -0.1) is 10.2 Å². The Morgan fingerprint density at radius 1 is 0.923 bits per heavy atom. The number of benzene rings is 2. The van der Waals surface area contributed by atoms with Crippen molar-refractivity contribution in [1.82, 2.24) is 9.38 Å². The van der Waals surface area contributed by atoms with Crippen molar-refractivity contribution < 1.29 is 5.11 Å². The molecule has 0 fully saturated rings. The highest BCUT2D eigenvalue weighted by Gasteiger charge is 2.15. The van der Waals surface area contributed by atoms with E-state index in [1.807, 2.05) is 28.8 Å². The lowest BCUT2D eigenvalue weighted by Crippen LogP contribution is -1.86. The van der Waals surface area contributed by atoms with Crippen LogP contribution in [0.25, 0.3) is 16.9 Å². The highest BCUT2D eigenvalue weighted by atomic mass is 16.3. The molecule has 5 nitrogen and oxygen atoms in total. The van der Waals surface area contributed by atoms with E-state index in [4.69, 9.17) is 4.98 Å². The molecule has 0 saturated heterocycles. The normalized spacial score (nSPS) is 11.5. The Kier molecular flexibility index (Phi) is 3.97. The number of hydrogen-bond donors (Lipinski definition) is 1. The summed E-state index contributed by atoms with van der Waals surface area (Å²) in [6.45, 7) is 4.15. The Labute approximate surface area is 151 Å². The highest BCUT2D eigenvalue weighted by molar-refractivity contribution is 5.76. The lowest BCUT2D eigenvalue weighted by Gasteiger charge is -2.05. The minimum absolute atomic E-state index is 0.203. The topological polar surface area (TPSA) is 62.2 Å². The number of aromatic hydroxyl groups is 1. The standard InChI is InChI=1S/C21H18N4O/c1-14-6-11-18(15(2)13-14)20-21(25-12-4-3-5-19(25)22-20)24-23-16-7-9-17(26)10-8-16/h3-13,26H,1-2H3. The van der Waals surface area contributed by atoms with E-state index in [1.54, 1.807) is 24.3 Å². The predicted molar refractivity (Wildman–Crippen MR) is 102 cm³/mol. The zero-order chi connectivity index (χ0) is 18.1. The van der Waals surface area contributed by atoms with Crippen molar-refractivity contribution in [2.75, 3.05) is 0 Å². The molecule has 0 bridgehead atoms. The van der Waals surface area contributed by atoms with E-state index in [2.05, 4.69) is 42.3 Å². The van der Waals surface area contributed by atoms with Gasteiger partial charge in [-0.2, -0.15) is 0 Å². The zero-order valence-electron chi connectivity index (χ0n) is 14.6. The Bertz CT molecular complexity index is 1110. The van der Waals surface area contributed by atoms with Crippen molar-refractivity contribution in [3.05, 3.63) is 78.0 Å². The van der Waals surface area contributed by atoms with E-state index < -0.39 is 0 Å². The molecular weight excluding hydrogens is 324 g/mol. The summed E-state index contributed by atoms with van der Waals surface area (Å²) < 4.78 is 1.93. The van der Waals surface area contributed by atoms with Gasteiger partial charge in [-0.1, -0.05) is 29.8 Å². The monoisotopic (exact) mass is 342 g/mol. The van der Waals surface area contributed by atoms with Crippen molar-refractivity contribution in [2.24, 2.45) is 10.2 Å². The summed E-state index contributed by atoms with van der Waals surface area (Å²) in [5, 5.41) is 18.2. The molecule has 4 rings (SSSR count). The number of hydrogen-bond acceptors (Lipinski definition) is 4. The molecular formula is C21H18N4O. The summed E-state index contributed by atoms with van der Waals surface area (Å²) in [5.74, 6) is 0.885. The van der Waals surface area contributed by atoms with Crippen molar-refractivity contribution in [2.45, 2.75) is 13.8 Å². The van der Waals surface area contributed by atoms with Crippen molar-refractivity contribution in [3.63, 3.8) is 0 Å². The smallest absolute Gasteiger partial charge is 0.187 e. The SMILES string of the molecule is Cc1ccc(-c2nc3ccccn3c2N=Nc2ccc(O)cc2)c(C)c1. The molecule has 128 valence electrons. The molecule has 0 saturated carbocycles. The van der Waals surface area contributed by atoms with E-state index in [0.29, 0.717) is 11.5 Å². The lowest BCUT2D eigenvalue weighted by atomic mass is 10.0. The summed E-state index contributed by atoms with van der Waals surface area (Å²) >= 11 is 0. The average molecular weight is 342 g/mol. The quantitative estimate of drug-likeness (QED) is 0.483. The van der Waals surface area contributed by atoms with Crippen molar-refractivity contribution in [3.8, 4) is 17.0 Å². The molecule has 0 radical (unpaired) electrons. The number of aryl methyl sites for hydroxylation is 2. The molecule has 0 amide bonds. The van der Waals surface area contributed by atoms with Gasteiger partial charge in [0.15, 0.2) is 5.82 Å². The molecule has 0 atom stereocenters. The van der Waals surface area contributed by atoms with Crippen LogP contribution in [0.1, 0.15) is 11.1 Å². The van der Waals surface area contributed by atoms with Crippen molar-refractivity contribution in [1.29, 1.82) is 0 Å². The number of pyridine rings is 1. The number of aromatic nitrogens is 2. The van der Waals surface area contributed by atoms with Gasteiger partial charge in [0.2, 0.25) is 0 Å². The summed E-state index contributed by atoms with van der Waals surface area (Å²) in [4.78, 5) is 4.77. The van der Waals surface area contributed by atoms with Gasteiger partial charge in [-0.3, -0.25) is 4.40 Å². The van der Waals surface area contributed by atoms with E-state index in [0.717, 1.165) is 22.5 Å². The van der Waals surface area contributed by atoms with Crippen LogP contribution < -0.4 is 0 Å². The minimum atomic E-state index is 0.203. The second-order valence-electron chi connectivity index (χ2n) is 6.25. The molecule has 2 heterocycles. The number of phenolic OH excluding ortho intramolecular Hbond substituents is 1. The fourth-order valence-electron chi connectivity index (χ4n) is 2.96. The Morgan fingerprint density at radius 2 is 1.73 bits per heavy atom. The molecule has 26 heavy (non-hydrogen) atoms. The lowest BCUT2D eigenvalue weighted by molar-refractivity contribution is 0.475. The predicted octanol–water partition coefficient (Wildman–Crippen LogP) is 5.74. The van der Waals surface area contributed by atoms with Crippen LogP contribution in [0.4, 0.5) is 11.5 Å². The summed E-state index contributed by atoms with van der Waals surface area (Å²) in [7, 11) is 0. The van der Waals surface area contributed by atoms with Gasteiger partial charge >= 0.3 is 0 Å². The molecule has 5 heteroatoms. The number of nitrogens with zero attached hydrogens (tertiary/aromatic N) is 4. The second kappa shape index (κ2) is 6.44. The first kappa shape index (κ1) is 16.0. The fraction of sp³-hybridized carbons (Fsp3) is 0.0952. The Balaban J connectivity index is 1.88. The molecule has 1 N–H and O–H groups in total. The van der Waals surface area contributed by atoms with Gasteiger partial charge in [-0.25, -0.2) is 4.98 Å². The number of phenols is 1. The maximum absolute atomic E-state index is 9.41. The first-order chi connectivity index (χ1) is 12.6. The van der Waals surface area contributed by atoms with Gasteiger partial charge in [0.05, 0.1) is 5.69 Å². The Hall–Kier alpha value is -3.47. The van der Waals surface area contributed by atoms with E-state index in [-0.39, 0.29) is 5.75 Å². The van der Waals surface area contributed by atoms with E-state index in [9.17, 15) is 5.11 Å². The second-order valence-corrected chi connectivity index (χ2v) is 6.25. The molecule has 2 aromatic carbocycles. The van der Waals surface area contributed by atoms with Crippen LogP contribution in [-0.2, 0) is 0 Å². The fourth-order valence-corrected chi connectivity index (χ4v) is 2.96. The van der Waals surface area contributed by atoms with Gasteiger partial charge in [0.25, 0.3) is 0 Å². The molecule has 0 spiro atoms. The number of imidazole rings is 1. The molecule has 0 aliphatic rings. The van der Waals surface area contributed by atoms with Crippen LogP contribution in [0.15, 0.2) is 77.1 Å². The summed E-state index contributed by atoms with van der Waals surface area (Å²) in [6.07, 6.45) is 1.93. The average Bonchev–Trinajstić information content (AvgIpc) is 2.99. The highest BCUT2D eigenvalue weighted by Crippen LogP contribution is 2.34. The molecule has 0 unspecified atom stereocenters. The zero-order valence-corrected chi connectivity index (χ0v) is 14.6.